The summed E-state index contributed by atoms with van der Waals surface area (Å²) in [6.07, 6.45) is 0.425. The van der Waals surface area contributed by atoms with Crippen molar-refractivity contribution < 1.29 is 23.9 Å². The van der Waals surface area contributed by atoms with Crippen LogP contribution in [-0.2, 0) is 25.7 Å². The molecule has 0 radical (unpaired) electrons. The highest BCUT2D eigenvalue weighted by Crippen LogP contribution is 2.13. The van der Waals surface area contributed by atoms with Gasteiger partial charge in [-0.15, -0.1) is 0 Å². The van der Waals surface area contributed by atoms with Crippen molar-refractivity contribution in [3.63, 3.8) is 0 Å². The third-order valence-corrected chi connectivity index (χ3v) is 3.85. The van der Waals surface area contributed by atoms with Crippen LogP contribution in [0.25, 0.3) is 0 Å². The molecule has 1 aliphatic heterocycles. The number of benzene rings is 1. The van der Waals surface area contributed by atoms with Crippen LogP contribution >= 0.6 is 0 Å². The van der Waals surface area contributed by atoms with E-state index in [1.165, 1.54) is 11.9 Å². The number of likely N-dealkylation sites (N-methyl/N-ethyl adjacent to an activating group) is 1. The molecular formula is C18H23N3O5. The van der Waals surface area contributed by atoms with Crippen LogP contribution < -0.4 is 4.74 Å². The third-order valence-electron chi connectivity index (χ3n) is 3.85. The van der Waals surface area contributed by atoms with Gasteiger partial charge in [0.1, 0.15) is 11.5 Å². The highest BCUT2D eigenvalue weighted by atomic mass is 16.5. The zero-order chi connectivity index (χ0) is 19.1. The SMILES string of the molecule is CCOc1ccc(CN(C)C(=O)COC(=O)C2=NN(C)C(=O)CC2)cc1. The van der Waals surface area contributed by atoms with Gasteiger partial charge in [-0.1, -0.05) is 12.1 Å². The van der Waals surface area contributed by atoms with Crippen molar-refractivity contribution in [3.05, 3.63) is 29.8 Å². The maximum absolute atomic E-state index is 12.1. The average molecular weight is 361 g/mol. The van der Waals surface area contributed by atoms with E-state index >= 15 is 0 Å². The maximum Gasteiger partial charge on any atom is 0.355 e. The monoisotopic (exact) mass is 361 g/mol. The minimum Gasteiger partial charge on any atom is -0.494 e. The smallest absolute Gasteiger partial charge is 0.355 e. The molecule has 8 heteroatoms. The van der Waals surface area contributed by atoms with Crippen LogP contribution in [0.5, 0.6) is 5.75 Å². The van der Waals surface area contributed by atoms with Crippen molar-refractivity contribution in [2.45, 2.75) is 26.3 Å². The number of nitrogens with zero attached hydrogens (tertiary/aromatic N) is 3. The zero-order valence-corrected chi connectivity index (χ0v) is 15.2. The minimum absolute atomic E-state index is 0.147. The van der Waals surface area contributed by atoms with Gasteiger partial charge in [0.25, 0.3) is 5.91 Å². The average Bonchev–Trinajstić information content (AvgIpc) is 2.63. The predicted octanol–water partition coefficient (Wildman–Crippen LogP) is 1.20. The van der Waals surface area contributed by atoms with Crippen LogP contribution in [0.4, 0.5) is 0 Å². The predicted molar refractivity (Wildman–Crippen MR) is 94.5 cm³/mol. The lowest BCUT2D eigenvalue weighted by atomic mass is 10.2. The summed E-state index contributed by atoms with van der Waals surface area (Å²) in [5.74, 6) is -0.385. The molecule has 2 amide bonds. The fourth-order valence-electron chi connectivity index (χ4n) is 2.36. The summed E-state index contributed by atoms with van der Waals surface area (Å²) in [4.78, 5) is 36.9. The van der Waals surface area contributed by atoms with Gasteiger partial charge in [-0.3, -0.25) is 9.59 Å². The topological polar surface area (TPSA) is 88.5 Å². The van der Waals surface area contributed by atoms with Gasteiger partial charge in [-0.25, -0.2) is 9.80 Å². The summed E-state index contributed by atoms with van der Waals surface area (Å²) in [5.41, 5.74) is 1.08. The largest absolute Gasteiger partial charge is 0.494 e. The lowest BCUT2D eigenvalue weighted by Crippen LogP contribution is -2.35. The summed E-state index contributed by atoms with van der Waals surface area (Å²) in [6.45, 7) is 2.53. The summed E-state index contributed by atoms with van der Waals surface area (Å²) < 4.78 is 10.4. The first kappa shape index (κ1) is 19.4. The van der Waals surface area contributed by atoms with Crippen LogP contribution in [0, 0.1) is 0 Å². The molecule has 1 aromatic carbocycles. The quantitative estimate of drug-likeness (QED) is 0.681. The molecule has 1 aliphatic rings. The molecule has 0 atom stereocenters. The van der Waals surface area contributed by atoms with Gasteiger partial charge in [0, 0.05) is 33.5 Å². The first-order valence-electron chi connectivity index (χ1n) is 8.37. The molecule has 0 spiro atoms. The molecule has 0 saturated carbocycles. The van der Waals surface area contributed by atoms with Crippen molar-refractivity contribution in [2.75, 3.05) is 27.3 Å². The first-order valence-corrected chi connectivity index (χ1v) is 8.37. The lowest BCUT2D eigenvalue weighted by molar-refractivity contribution is -0.146. The molecule has 0 N–H and O–H groups in total. The molecule has 0 bridgehead atoms. The second-order valence-corrected chi connectivity index (χ2v) is 5.87. The Bertz CT molecular complexity index is 699. The zero-order valence-electron chi connectivity index (χ0n) is 15.2. The summed E-state index contributed by atoms with van der Waals surface area (Å²) >= 11 is 0. The molecule has 1 aromatic rings. The normalized spacial score (nSPS) is 13.9. The number of carbonyl (C=O) groups excluding carboxylic acids is 3. The van der Waals surface area contributed by atoms with Gasteiger partial charge < -0.3 is 14.4 Å². The van der Waals surface area contributed by atoms with Crippen LogP contribution in [0.3, 0.4) is 0 Å². The van der Waals surface area contributed by atoms with Gasteiger partial charge in [-0.2, -0.15) is 5.10 Å². The molecule has 2 rings (SSSR count). The summed E-state index contributed by atoms with van der Waals surface area (Å²) in [6, 6.07) is 7.45. The Balaban J connectivity index is 1.82. The molecule has 0 unspecified atom stereocenters. The van der Waals surface area contributed by atoms with Gasteiger partial charge in [0.15, 0.2) is 6.61 Å². The molecule has 8 nitrogen and oxygen atoms in total. The second-order valence-electron chi connectivity index (χ2n) is 5.87. The van der Waals surface area contributed by atoms with E-state index in [2.05, 4.69) is 5.10 Å². The van der Waals surface area contributed by atoms with E-state index in [0.29, 0.717) is 13.2 Å². The minimum atomic E-state index is -0.674. The maximum atomic E-state index is 12.1. The Hall–Kier alpha value is -2.90. The van der Waals surface area contributed by atoms with Crippen LogP contribution in [0.2, 0.25) is 0 Å². The number of hydrogen-bond acceptors (Lipinski definition) is 6. The van der Waals surface area contributed by atoms with E-state index in [4.69, 9.17) is 9.47 Å². The van der Waals surface area contributed by atoms with E-state index in [0.717, 1.165) is 16.3 Å². The number of ether oxygens (including phenoxy) is 2. The fourth-order valence-corrected chi connectivity index (χ4v) is 2.36. The number of carbonyl (C=O) groups is 3. The van der Waals surface area contributed by atoms with E-state index in [-0.39, 0.29) is 37.0 Å². The summed E-state index contributed by atoms with van der Waals surface area (Å²) in [7, 11) is 3.11. The van der Waals surface area contributed by atoms with Gasteiger partial charge >= 0.3 is 5.97 Å². The van der Waals surface area contributed by atoms with E-state index in [9.17, 15) is 14.4 Å². The van der Waals surface area contributed by atoms with Crippen LogP contribution in [0.1, 0.15) is 25.3 Å². The molecule has 0 saturated heterocycles. The summed E-state index contributed by atoms with van der Waals surface area (Å²) in [5, 5.41) is 4.98. The lowest BCUT2D eigenvalue weighted by Gasteiger charge is -2.20. The highest BCUT2D eigenvalue weighted by molar-refractivity contribution is 6.37. The standard InChI is InChI=1S/C18H23N3O5/c1-4-25-14-7-5-13(6-8-14)11-20(2)17(23)12-26-18(24)15-9-10-16(22)21(3)19-15/h5-8H,4,9-12H2,1-3H3. The Morgan fingerprint density at radius 2 is 1.92 bits per heavy atom. The third kappa shape index (κ3) is 5.30. The van der Waals surface area contributed by atoms with E-state index in [1.807, 2.05) is 31.2 Å². The highest BCUT2D eigenvalue weighted by Gasteiger charge is 2.24. The molecular weight excluding hydrogens is 338 g/mol. The van der Waals surface area contributed by atoms with Gasteiger partial charge in [-0.05, 0) is 24.6 Å². The molecule has 26 heavy (non-hydrogen) atoms. The number of rotatable bonds is 7. The number of hydrazone groups is 1. The number of amides is 2. The second kappa shape index (κ2) is 8.98. The van der Waals surface area contributed by atoms with Gasteiger partial charge in [0.2, 0.25) is 5.91 Å². The Kier molecular flexibility index (Phi) is 6.71. The molecule has 0 aromatic heterocycles. The van der Waals surface area contributed by atoms with Crippen molar-refractivity contribution in [1.29, 1.82) is 0 Å². The van der Waals surface area contributed by atoms with Crippen molar-refractivity contribution >= 4 is 23.5 Å². The first-order chi connectivity index (χ1) is 12.4. The Labute approximate surface area is 152 Å². The molecule has 0 aliphatic carbocycles. The van der Waals surface area contributed by atoms with Crippen molar-refractivity contribution in [2.24, 2.45) is 5.10 Å². The Morgan fingerprint density at radius 3 is 2.54 bits per heavy atom. The van der Waals surface area contributed by atoms with Crippen molar-refractivity contribution in [3.8, 4) is 5.75 Å². The number of esters is 1. The van der Waals surface area contributed by atoms with Crippen LogP contribution in [-0.4, -0.2) is 60.7 Å². The van der Waals surface area contributed by atoms with E-state index < -0.39 is 5.97 Å². The fraction of sp³-hybridized carbons (Fsp3) is 0.444. The molecule has 0 fully saturated rings. The Morgan fingerprint density at radius 1 is 1.23 bits per heavy atom. The molecule has 1 heterocycles. The molecule has 140 valence electrons. The number of hydrogen-bond donors (Lipinski definition) is 0. The van der Waals surface area contributed by atoms with Crippen LogP contribution in [0.15, 0.2) is 29.4 Å². The van der Waals surface area contributed by atoms with E-state index in [1.54, 1.807) is 7.05 Å². The van der Waals surface area contributed by atoms with Crippen molar-refractivity contribution in [1.82, 2.24) is 9.91 Å². The van der Waals surface area contributed by atoms with Gasteiger partial charge in [0.05, 0.1) is 6.61 Å².